The summed E-state index contributed by atoms with van der Waals surface area (Å²) < 4.78 is 1.63. The molecule has 19 heavy (non-hydrogen) atoms. The van der Waals surface area contributed by atoms with Crippen molar-refractivity contribution in [2.45, 2.75) is 49.8 Å². The van der Waals surface area contributed by atoms with Gasteiger partial charge >= 0.3 is 0 Å². The smallest absolute Gasteiger partial charge is 0.230 e. The minimum absolute atomic E-state index is 0.0602. The van der Waals surface area contributed by atoms with Crippen LogP contribution in [0.1, 0.15) is 32.1 Å². The third-order valence-corrected chi connectivity index (χ3v) is 4.06. The Morgan fingerprint density at radius 3 is 3.00 bits per heavy atom. The Labute approximate surface area is 117 Å². The molecule has 0 unspecified atom stereocenters. The van der Waals surface area contributed by atoms with Gasteiger partial charge in [0.1, 0.15) is 0 Å². The monoisotopic (exact) mass is 281 g/mol. The summed E-state index contributed by atoms with van der Waals surface area (Å²) in [4.78, 5) is 11.8. The highest BCUT2D eigenvalue weighted by atomic mass is 32.2. The van der Waals surface area contributed by atoms with Crippen molar-refractivity contribution in [3.63, 3.8) is 0 Å². The standard InChI is InChI=1S/C12H19N5OS/c1-2-8-17-12(14-15-16-17)19-9-11(18)13-10-6-4-3-5-7-10/h2,10H,1,3-9H2,(H,13,18). The van der Waals surface area contributed by atoms with Crippen molar-refractivity contribution in [2.24, 2.45) is 0 Å². The molecule has 0 aliphatic heterocycles. The second kappa shape index (κ2) is 7.28. The van der Waals surface area contributed by atoms with Gasteiger partial charge in [-0.05, 0) is 23.3 Å². The summed E-state index contributed by atoms with van der Waals surface area (Å²) in [7, 11) is 0. The van der Waals surface area contributed by atoms with Crippen LogP contribution in [0.5, 0.6) is 0 Å². The van der Waals surface area contributed by atoms with E-state index in [0.29, 0.717) is 23.5 Å². The van der Waals surface area contributed by atoms with Gasteiger partial charge in [0.05, 0.1) is 12.3 Å². The average molecular weight is 281 g/mol. The van der Waals surface area contributed by atoms with E-state index < -0.39 is 0 Å². The van der Waals surface area contributed by atoms with E-state index in [2.05, 4.69) is 27.4 Å². The number of rotatable bonds is 6. The largest absolute Gasteiger partial charge is 0.353 e. The number of nitrogens with one attached hydrogen (secondary N) is 1. The van der Waals surface area contributed by atoms with Gasteiger partial charge in [0.25, 0.3) is 0 Å². The van der Waals surface area contributed by atoms with Crippen LogP contribution in [0.2, 0.25) is 0 Å². The molecule has 0 radical (unpaired) electrons. The van der Waals surface area contributed by atoms with Crippen molar-refractivity contribution >= 4 is 17.7 Å². The Hall–Kier alpha value is -1.37. The predicted octanol–water partition coefficient (Wildman–Crippen LogP) is 1.40. The highest BCUT2D eigenvalue weighted by molar-refractivity contribution is 7.99. The summed E-state index contributed by atoms with van der Waals surface area (Å²) in [5.74, 6) is 0.415. The molecule has 1 saturated carbocycles. The highest BCUT2D eigenvalue weighted by Crippen LogP contribution is 2.18. The van der Waals surface area contributed by atoms with Crippen molar-refractivity contribution in [2.75, 3.05) is 5.75 Å². The summed E-state index contributed by atoms with van der Waals surface area (Å²) in [6.07, 6.45) is 7.65. The normalized spacial score (nSPS) is 16.2. The molecule has 1 heterocycles. The van der Waals surface area contributed by atoms with Crippen molar-refractivity contribution in [3.8, 4) is 0 Å². The molecule has 0 spiro atoms. The molecule has 0 aromatic carbocycles. The van der Waals surface area contributed by atoms with Crippen LogP contribution in [-0.2, 0) is 11.3 Å². The van der Waals surface area contributed by atoms with E-state index in [4.69, 9.17) is 0 Å². The molecule has 1 aliphatic rings. The van der Waals surface area contributed by atoms with Gasteiger partial charge in [-0.1, -0.05) is 37.1 Å². The van der Waals surface area contributed by atoms with Crippen LogP contribution in [0.4, 0.5) is 0 Å². The van der Waals surface area contributed by atoms with Gasteiger partial charge in [0.15, 0.2) is 0 Å². The number of tetrazole rings is 1. The molecule has 6 nitrogen and oxygen atoms in total. The third-order valence-electron chi connectivity index (χ3n) is 3.10. The molecular formula is C12H19N5OS. The van der Waals surface area contributed by atoms with E-state index in [9.17, 15) is 4.79 Å². The summed E-state index contributed by atoms with van der Waals surface area (Å²) in [6.45, 7) is 4.20. The summed E-state index contributed by atoms with van der Waals surface area (Å²) >= 11 is 1.36. The lowest BCUT2D eigenvalue weighted by atomic mass is 9.95. The van der Waals surface area contributed by atoms with Crippen LogP contribution in [0, 0.1) is 0 Å². The molecule has 7 heteroatoms. The fraction of sp³-hybridized carbons (Fsp3) is 0.667. The number of allylic oxidation sites excluding steroid dienone is 1. The molecule has 0 bridgehead atoms. The lowest BCUT2D eigenvalue weighted by Crippen LogP contribution is -2.37. The van der Waals surface area contributed by atoms with E-state index in [1.807, 2.05) is 0 Å². The first-order valence-electron chi connectivity index (χ1n) is 6.59. The van der Waals surface area contributed by atoms with E-state index in [1.165, 1.54) is 31.0 Å². The number of thioether (sulfide) groups is 1. The first-order chi connectivity index (χ1) is 9.29. The Morgan fingerprint density at radius 1 is 1.47 bits per heavy atom. The first-order valence-corrected chi connectivity index (χ1v) is 7.57. The van der Waals surface area contributed by atoms with Crippen LogP contribution in [0.3, 0.4) is 0 Å². The highest BCUT2D eigenvalue weighted by Gasteiger charge is 2.16. The van der Waals surface area contributed by atoms with Crippen LogP contribution in [0.15, 0.2) is 17.8 Å². The maximum Gasteiger partial charge on any atom is 0.230 e. The third kappa shape index (κ3) is 4.34. The lowest BCUT2D eigenvalue weighted by molar-refractivity contribution is -0.119. The number of hydrogen-bond donors (Lipinski definition) is 1. The molecule has 2 rings (SSSR count). The SMILES string of the molecule is C=CCn1nnnc1SCC(=O)NC1CCCCC1. The van der Waals surface area contributed by atoms with Crippen molar-refractivity contribution in [3.05, 3.63) is 12.7 Å². The van der Waals surface area contributed by atoms with Crippen molar-refractivity contribution in [1.82, 2.24) is 25.5 Å². The Bertz CT molecular complexity index is 428. The second-order valence-electron chi connectivity index (χ2n) is 4.62. The van der Waals surface area contributed by atoms with Crippen molar-refractivity contribution < 1.29 is 4.79 Å². The van der Waals surface area contributed by atoms with Crippen LogP contribution in [-0.4, -0.2) is 37.9 Å². The summed E-state index contributed by atoms with van der Waals surface area (Å²) in [6, 6.07) is 0.353. The minimum atomic E-state index is 0.0602. The molecule has 0 saturated heterocycles. The number of nitrogens with zero attached hydrogens (tertiary/aromatic N) is 4. The summed E-state index contributed by atoms with van der Waals surface area (Å²) in [5.41, 5.74) is 0. The Balaban J connectivity index is 1.76. The molecule has 0 atom stereocenters. The maximum atomic E-state index is 11.8. The van der Waals surface area contributed by atoms with E-state index in [1.54, 1.807) is 10.8 Å². The number of carbonyl (C=O) groups excluding carboxylic acids is 1. The van der Waals surface area contributed by atoms with Gasteiger partial charge in [-0.25, -0.2) is 4.68 Å². The first kappa shape index (κ1) is 14.0. The zero-order chi connectivity index (χ0) is 13.5. The molecule has 104 valence electrons. The summed E-state index contributed by atoms with van der Waals surface area (Å²) in [5, 5.41) is 15.0. The second-order valence-corrected chi connectivity index (χ2v) is 5.57. The zero-order valence-electron chi connectivity index (χ0n) is 10.9. The van der Waals surface area contributed by atoms with Gasteiger partial charge in [-0.2, -0.15) is 0 Å². The van der Waals surface area contributed by atoms with Crippen LogP contribution >= 0.6 is 11.8 Å². The average Bonchev–Trinajstić information content (AvgIpc) is 2.85. The molecule has 1 amide bonds. The Morgan fingerprint density at radius 2 is 2.26 bits per heavy atom. The molecule has 1 fully saturated rings. The number of hydrogen-bond acceptors (Lipinski definition) is 5. The topological polar surface area (TPSA) is 72.7 Å². The maximum absolute atomic E-state index is 11.8. The molecule has 1 aliphatic carbocycles. The van der Waals surface area contributed by atoms with E-state index >= 15 is 0 Å². The van der Waals surface area contributed by atoms with Crippen molar-refractivity contribution in [1.29, 1.82) is 0 Å². The fourth-order valence-corrected chi connectivity index (χ4v) is 2.88. The molecule has 1 aromatic heterocycles. The lowest BCUT2D eigenvalue weighted by Gasteiger charge is -2.22. The van der Waals surface area contributed by atoms with Gasteiger partial charge in [-0.15, -0.1) is 11.7 Å². The van der Waals surface area contributed by atoms with Gasteiger partial charge in [0, 0.05) is 6.04 Å². The molecular weight excluding hydrogens is 262 g/mol. The number of amides is 1. The van der Waals surface area contributed by atoms with E-state index in [-0.39, 0.29) is 5.91 Å². The Kier molecular flexibility index (Phi) is 5.38. The quantitative estimate of drug-likeness (QED) is 0.630. The minimum Gasteiger partial charge on any atom is -0.353 e. The fourth-order valence-electron chi connectivity index (χ4n) is 2.18. The molecule has 1 N–H and O–H groups in total. The van der Waals surface area contributed by atoms with E-state index in [0.717, 1.165) is 12.8 Å². The number of carbonyl (C=O) groups is 1. The van der Waals surface area contributed by atoms with Gasteiger partial charge < -0.3 is 5.32 Å². The predicted molar refractivity (Wildman–Crippen MR) is 73.8 cm³/mol. The van der Waals surface area contributed by atoms with Crippen LogP contribution in [0.25, 0.3) is 0 Å². The van der Waals surface area contributed by atoms with Crippen LogP contribution < -0.4 is 5.32 Å². The van der Waals surface area contributed by atoms with Gasteiger partial charge in [0.2, 0.25) is 11.1 Å². The van der Waals surface area contributed by atoms with Gasteiger partial charge in [-0.3, -0.25) is 4.79 Å². The molecule has 1 aromatic rings. The zero-order valence-corrected chi connectivity index (χ0v) is 11.7. The number of aromatic nitrogens is 4.